The van der Waals surface area contributed by atoms with Gasteiger partial charge in [-0.15, -0.1) is 12.6 Å². The number of rotatable bonds is 2. The van der Waals surface area contributed by atoms with Gasteiger partial charge in [0.25, 0.3) is 0 Å². The number of carboxylic acid groups (broad SMARTS) is 1. The predicted octanol–water partition coefficient (Wildman–Crippen LogP) is 1.88. The van der Waals surface area contributed by atoms with Crippen molar-refractivity contribution in [3.8, 4) is 0 Å². The molecule has 0 atom stereocenters. The number of aromatic carboxylic acids is 1. The van der Waals surface area contributed by atoms with Crippen molar-refractivity contribution in [3.63, 3.8) is 0 Å². The fourth-order valence-corrected chi connectivity index (χ4v) is 1.36. The van der Waals surface area contributed by atoms with E-state index in [9.17, 15) is 9.59 Å². The van der Waals surface area contributed by atoms with Gasteiger partial charge in [-0.3, -0.25) is 4.79 Å². The standard InChI is InChI=1S/C9H8O3S/c1-5(10)6-3-2-4-7(13)8(6)9(11)12/h2-4,13H,1H3,(H,11,12). The van der Waals surface area contributed by atoms with Crippen LogP contribution in [0, 0.1) is 0 Å². The first-order chi connectivity index (χ1) is 6.04. The Morgan fingerprint density at radius 3 is 2.38 bits per heavy atom. The van der Waals surface area contributed by atoms with Crippen LogP contribution in [0.3, 0.4) is 0 Å². The topological polar surface area (TPSA) is 54.4 Å². The summed E-state index contributed by atoms with van der Waals surface area (Å²) in [4.78, 5) is 22.1. The molecule has 0 unspecified atom stereocenters. The van der Waals surface area contributed by atoms with E-state index in [1.54, 1.807) is 12.1 Å². The third-order valence-electron chi connectivity index (χ3n) is 1.64. The Morgan fingerprint density at radius 1 is 1.38 bits per heavy atom. The highest BCUT2D eigenvalue weighted by Gasteiger charge is 2.15. The van der Waals surface area contributed by atoms with Crippen LogP contribution in [0.4, 0.5) is 0 Å². The molecule has 3 nitrogen and oxygen atoms in total. The van der Waals surface area contributed by atoms with Crippen molar-refractivity contribution in [2.75, 3.05) is 0 Å². The fraction of sp³-hybridized carbons (Fsp3) is 0.111. The van der Waals surface area contributed by atoms with E-state index < -0.39 is 5.97 Å². The van der Waals surface area contributed by atoms with Crippen LogP contribution in [0.1, 0.15) is 27.6 Å². The number of Topliss-reactive ketones (excluding diaryl/α,β-unsaturated/α-hetero) is 1. The molecule has 1 rings (SSSR count). The Hall–Kier alpha value is -1.29. The monoisotopic (exact) mass is 196 g/mol. The number of thiol groups is 1. The highest BCUT2D eigenvalue weighted by atomic mass is 32.1. The number of carbonyl (C=O) groups is 2. The summed E-state index contributed by atoms with van der Waals surface area (Å²) < 4.78 is 0. The molecule has 0 saturated carbocycles. The number of benzene rings is 1. The maximum atomic E-state index is 11.0. The molecule has 0 aliphatic rings. The summed E-state index contributed by atoms with van der Waals surface area (Å²) in [6.07, 6.45) is 0. The Morgan fingerprint density at radius 2 is 2.00 bits per heavy atom. The molecule has 0 spiro atoms. The smallest absolute Gasteiger partial charge is 0.337 e. The number of carboxylic acids is 1. The first-order valence-corrected chi connectivity index (χ1v) is 4.05. The molecule has 0 aliphatic heterocycles. The molecule has 0 amide bonds. The van der Waals surface area contributed by atoms with E-state index in [1.165, 1.54) is 13.0 Å². The summed E-state index contributed by atoms with van der Waals surface area (Å²) in [5.41, 5.74) is 0.165. The van der Waals surface area contributed by atoms with Crippen molar-refractivity contribution in [1.29, 1.82) is 0 Å². The highest BCUT2D eigenvalue weighted by molar-refractivity contribution is 7.80. The normalized spacial score (nSPS) is 9.69. The van der Waals surface area contributed by atoms with Gasteiger partial charge in [-0.1, -0.05) is 12.1 Å². The molecule has 1 N–H and O–H groups in total. The molecule has 1 aromatic carbocycles. The van der Waals surface area contributed by atoms with E-state index in [0.717, 1.165) is 0 Å². The lowest BCUT2D eigenvalue weighted by Gasteiger charge is -2.03. The molecule has 0 radical (unpaired) electrons. The van der Waals surface area contributed by atoms with Crippen LogP contribution in [-0.4, -0.2) is 16.9 Å². The largest absolute Gasteiger partial charge is 0.478 e. The quantitative estimate of drug-likeness (QED) is 0.561. The second-order valence-electron chi connectivity index (χ2n) is 2.56. The van der Waals surface area contributed by atoms with E-state index in [-0.39, 0.29) is 16.9 Å². The van der Waals surface area contributed by atoms with E-state index in [0.29, 0.717) is 4.90 Å². The van der Waals surface area contributed by atoms with Gasteiger partial charge in [-0.25, -0.2) is 4.79 Å². The Balaban J connectivity index is 3.43. The number of ketones is 1. The van der Waals surface area contributed by atoms with Crippen molar-refractivity contribution >= 4 is 24.4 Å². The molecule has 1 aromatic rings. The fourth-order valence-electron chi connectivity index (χ4n) is 1.06. The minimum absolute atomic E-state index is 0.0293. The third kappa shape index (κ3) is 1.89. The molecular formula is C9H8O3S. The summed E-state index contributed by atoms with van der Waals surface area (Å²) in [6, 6.07) is 4.62. The van der Waals surface area contributed by atoms with Crippen LogP contribution in [-0.2, 0) is 0 Å². The first-order valence-electron chi connectivity index (χ1n) is 3.60. The van der Waals surface area contributed by atoms with Crippen molar-refractivity contribution in [2.24, 2.45) is 0 Å². The SMILES string of the molecule is CC(=O)c1cccc(S)c1C(=O)O. The summed E-state index contributed by atoms with van der Waals surface area (Å²) in [5, 5.41) is 8.79. The Bertz CT molecular complexity index is 371. The summed E-state index contributed by atoms with van der Waals surface area (Å²) in [5.74, 6) is -1.40. The molecule has 0 heterocycles. The highest BCUT2D eigenvalue weighted by Crippen LogP contribution is 2.18. The van der Waals surface area contributed by atoms with Gasteiger partial charge in [-0.05, 0) is 13.0 Å². The van der Waals surface area contributed by atoms with E-state index in [2.05, 4.69) is 12.6 Å². The molecule has 68 valence electrons. The minimum Gasteiger partial charge on any atom is -0.478 e. The summed E-state index contributed by atoms with van der Waals surface area (Å²) in [7, 11) is 0. The van der Waals surface area contributed by atoms with Crippen LogP contribution >= 0.6 is 12.6 Å². The third-order valence-corrected chi connectivity index (χ3v) is 2.01. The molecule has 4 heteroatoms. The average Bonchev–Trinajstić information content (AvgIpc) is 2.02. The molecule has 0 aliphatic carbocycles. The second kappa shape index (κ2) is 3.62. The maximum Gasteiger partial charge on any atom is 0.337 e. The van der Waals surface area contributed by atoms with Crippen LogP contribution < -0.4 is 0 Å². The van der Waals surface area contributed by atoms with Gasteiger partial charge in [0, 0.05) is 10.5 Å². The molecule has 13 heavy (non-hydrogen) atoms. The van der Waals surface area contributed by atoms with Crippen molar-refractivity contribution in [1.82, 2.24) is 0 Å². The minimum atomic E-state index is -1.13. The maximum absolute atomic E-state index is 11.0. The molecule has 0 aromatic heterocycles. The van der Waals surface area contributed by atoms with Gasteiger partial charge in [-0.2, -0.15) is 0 Å². The lowest BCUT2D eigenvalue weighted by atomic mass is 10.0. The zero-order chi connectivity index (χ0) is 10.0. The second-order valence-corrected chi connectivity index (χ2v) is 3.04. The van der Waals surface area contributed by atoms with Crippen LogP contribution in [0.15, 0.2) is 23.1 Å². The number of carbonyl (C=O) groups excluding carboxylic acids is 1. The Labute approximate surface area is 80.8 Å². The van der Waals surface area contributed by atoms with Crippen molar-refractivity contribution in [3.05, 3.63) is 29.3 Å². The molecular weight excluding hydrogens is 188 g/mol. The first kappa shape index (κ1) is 9.80. The van der Waals surface area contributed by atoms with E-state index >= 15 is 0 Å². The van der Waals surface area contributed by atoms with Crippen LogP contribution in [0.5, 0.6) is 0 Å². The molecule has 0 bridgehead atoms. The van der Waals surface area contributed by atoms with Crippen molar-refractivity contribution in [2.45, 2.75) is 11.8 Å². The van der Waals surface area contributed by atoms with E-state index in [4.69, 9.17) is 5.11 Å². The molecule has 0 saturated heterocycles. The molecule has 0 fully saturated rings. The summed E-state index contributed by atoms with van der Waals surface area (Å²) >= 11 is 3.97. The van der Waals surface area contributed by atoms with Gasteiger partial charge in [0.05, 0.1) is 5.56 Å². The zero-order valence-electron chi connectivity index (χ0n) is 6.94. The average molecular weight is 196 g/mol. The van der Waals surface area contributed by atoms with E-state index in [1.807, 2.05) is 0 Å². The van der Waals surface area contributed by atoms with Crippen molar-refractivity contribution < 1.29 is 14.7 Å². The zero-order valence-corrected chi connectivity index (χ0v) is 7.84. The number of hydrogen-bond acceptors (Lipinski definition) is 3. The summed E-state index contributed by atoms with van der Waals surface area (Å²) in [6.45, 7) is 1.33. The van der Waals surface area contributed by atoms with Crippen LogP contribution in [0.25, 0.3) is 0 Å². The van der Waals surface area contributed by atoms with Gasteiger partial charge >= 0.3 is 5.97 Å². The Kier molecular flexibility index (Phi) is 2.72. The van der Waals surface area contributed by atoms with Gasteiger partial charge < -0.3 is 5.11 Å². The lowest BCUT2D eigenvalue weighted by Crippen LogP contribution is -2.06. The lowest BCUT2D eigenvalue weighted by molar-refractivity contribution is 0.0688. The van der Waals surface area contributed by atoms with Crippen LogP contribution in [0.2, 0.25) is 0 Å². The van der Waals surface area contributed by atoms with Gasteiger partial charge in [0.1, 0.15) is 0 Å². The predicted molar refractivity (Wildman–Crippen MR) is 50.7 cm³/mol. The van der Waals surface area contributed by atoms with Gasteiger partial charge in [0.2, 0.25) is 0 Å². The van der Waals surface area contributed by atoms with Gasteiger partial charge in [0.15, 0.2) is 5.78 Å². The number of hydrogen-bond donors (Lipinski definition) is 2.